The summed E-state index contributed by atoms with van der Waals surface area (Å²) in [6.07, 6.45) is 2.61. The zero-order valence-corrected chi connectivity index (χ0v) is 18.8. The Morgan fingerprint density at radius 3 is 2.30 bits per heavy atom. The standard InChI is InChI=1S/C27H25NO5/c1-28-16-22(13-19-9-10-21(26(29)32-3)15-25(19)31-2)23-14-20(11-12-24(23)28)27(30)33-17-18-7-5-4-6-8-18/h4-12,14-16H,13,17H2,1-3H3. The highest BCUT2D eigenvalue weighted by molar-refractivity contribution is 5.96. The molecule has 0 saturated heterocycles. The second-order valence-corrected chi connectivity index (χ2v) is 7.75. The molecule has 6 nitrogen and oxygen atoms in total. The van der Waals surface area contributed by atoms with E-state index in [9.17, 15) is 9.59 Å². The van der Waals surface area contributed by atoms with Crippen LogP contribution < -0.4 is 4.74 Å². The predicted octanol–water partition coefficient (Wildman–Crippen LogP) is 4.92. The number of methoxy groups -OCH3 is 2. The number of esters is 2. The molecule has 0 spiro atoms. The molecule has 0 fully saturated rings. The maximum Gasteiger partial charge on any atom is 0.338 e. The van der Waals surface area contributed by atoms with Crippen molar-refractivity contribution in [3.63, 3.8) is 0 Å². The highest BCUT2D eigenvalue weighted by Gasteiger charge is 2.16. The Labute approximate surface area is 192 Å². The lowest BCUT2D eigenvalue weighted by atomic mass is 10.0. The summed E-state index contributed by atoms with van der Waals surface area (Å²) in [4.78, 5) is 24.5. The van der Waals surface area contributed by atoms with E-state index < -0.39 is 5.97 Å². The van der Waals surface area contributed by atoms with E-state index in [0.29, 0.717) is 23.3 Å². The van der Waals surface area contributed by atoms with Gasteiger partial charge in [0.2, 0.25) is 0 Å². The highest BCUT2D eigenvalue weighted by atomic mass is 16.5. The second-order valence-electron chi connectivity index (χ2n) is 7.75. The van der Waals surface area contributed by atoms with E-state index in [1.165, 1.54) is 7.11 Å². The third kappa shape index (κ3) is 4.75. The molecule has 0 bridgehead atoms. The van der Waals surface area contributed by atoms with Crippen molar-refractivity contribution in [3.8, 4) is 5.75 Å². The fraction of sp³-hybridized carbons (Fsp3) is 0.185. The molecule has 0 aliphatic carbocycles. The van der Waals surface area contributed by atoms with Gasteiger partial charge in [0.15, 0.2) is 0 Å². The molecule has 0 radical (unpaired) electrons. The number of ether oxygens (including phenoxy) is 3. The number of aromatic nitrogens is 1. The minimum atomic E-state index is -0.413. The number of nitrogens with zero attached hydrogens (tertiary/aromatic N) is 1. The lowest BCUT2D eigenvalue weighted by Crippen LogP contribution is -2.05. The molecule has 0 saturated carbocycles. The molecule has 0 amide bonds. The lowest BCUT2D eigenvalue weighted by Gasteiger charge is -2.10. The first kappa shape index (κ1) is 22.1. The van der Waals surface area contributed by atoms with Gasteiger partial charge in [0, 0.05) is 30.6 Å². The number of hydrogen-bond acceptors (Lipinski definition) is 5. The summed E-state index contributed by atoms with van der Waals surface area (Å²) in [6.45, 7) is 0.225. The molecule has 0 aliphatic rings. The Kier molecular flexibility index (Phi) is 6.45. The minimum absolute atomic E-state index is 0.225. The molecule has 1 heterocycles. The van der Waals surface area contributed by atoms with Crippen molar-refractivity contribution >= 4 is 22.8 Å². The van der Waals surface area contributed by atoms with E-state index in [4.69, 9.17) is 14.2 Å². The number of fused-ring (bicyclic) bond motifs is 1. The van der Waals surface area contributed by atoms with Crippen molar-refractivity contribution in [1.82, 2.24) is 4.57 Å². The summed E-state index contributed by atoms with van der Waals surface area (Å²) in [7, 11) is 4.89. The van der Waals surface area contributed by atoms with Gasteiger partial charge in [0.25, 0.3) is 0 Å². The normalized spacial score (nSPS) is 10.8. The first-order valence-corrected chi connectivity index (χ1v) is 10.5. The van der Waals surface area contributed by atoms with Crippen molar-refractivity contribution in [2.75, 3.05) is 14.2 Å². The van der Waals surface area contributed by atoms with Gasteiger partial charge >= 0.3 is 11.9 Å². The maximum atomic E-state index is 12.7. The number of hydrogen-bond donors (Lipinski definition) is 0. The van der Waals surface area contributed by atoms with Crippen molar-refractivity contribution in [2.45, 2.75) is 13.0 Å². The molecule has 6 heteroatoms. The molecule has 0 unspecified atom stereocenters. The molecule has 168 valence electrons. The first-order valence-electron chi connectivity index (χ1n) is 10.5. The third-order valence-corrected chi connectivity index (χ3v) is 5.61. The molecule has 1 aromatic heterocycles. The van der Waals surface area contributed by atoms with Crippen LogP contribution in [0, 0.1) is 0 Å². The van der Waals surface area contributed by atoms with Crippen LogP contribution in [0.15, 0.2) is 72.9 Å². The Morgan fingerprint density at radius 2 is 1.58 bits per heavy atom. The molecule has 4 aromatic rings. The summed E-state index contributed by atoms with van der Waals surface area (Å²) in [5.74, 6) is -0.174. The van der Waals surface area contributed by atoms with Gasteiger partial charge in [-0.3, -0.25) is 0 Å². The zero-order valence-electron chi connectivity index (χ0n) is 18.8. The number of carbonyl (C=O) groups is 2. The number of aryl methyl sites for hydroxylation is 1. The number of carbonyl (C=O) groups excluding carboxylic acids is 2. The van der Waals surface area contributed by atoms with Crippen LogP contribution in [0.2, 0.25) is 0 Å². The van der Waals surface area contributed by atoms with Gasteiger partial charge in [-0.05, 0) is 47.0 Å². The van der Waals surface area contributed by atoms with E-state index in [-0.39, 0.29) is 12.6 Å². The first-order chi connectivity index (χ1) is 16.0. The van der Waals surface area contributed by atoms with Gasteiger partial charge in [0.05, 0.1) is 25.3 Å². The second kappa shape index (κ2) is 9.61. The van der Waals surface area contributed by atoms with E-state index in [2.05, 4.69) is 0 Å². The summed E-state index contributed by atoms with van der Waals surface area (Å²) in [6, 6.07) is 20.4. The van der Waals surface area contributed by atoms with Crippen molar-refractivity contribution in [2.24, 2.45) is 7.05 Å². The van der Waals surface area contributed by atoms with Crippen LogP contribution in [0.5, 0.6) is 5.75 Å². The van der Waals surface area contributed by atoms with Gasteiger partial charge < -0.3 is 18.8 Å². The van der Waals surface area contributed by atoms with Crippen LogP contribution in [0.4, 0.5) is 0 Å². The molecular weight excluding hydrogens is 418 g/mol. The van der Waals surface area contributed by atoms with Crippen molar-refractivity contribution < 1.29 is 23.8 Å². The molecule has 0 aliphatic heterocycles. The lowest BCUT2D eigenvalue weighted by molar-refractivity contribution is 0.0472. The topological polar surface area (TPSA) is 66.8 Å². The summed E-state index contributed by atoms with van der Waals surface area (Å²) < 4.78 is 17.8. The number of benzene rings is 3. The Hall–Kier alpha value is -4.06. The van der Waals surface area contributed by atoms with Crippen LogP contribution in [0.3, 0.4) is 0 Å². The van der Waals surface area contributed by atoms with E-state index in [1.807, 2.05) is 66.3 Å². The average Bonchev–Trinajstić information content (AvgIpc) is 3.17. The van der Waals surface area contributed by atoms with Crippen LogP contribution in [-0.4, -0.2) is 30.7 Å². The minimum Gasteiger partial charge on any atom is -0.496 e. The summed E-state index contributed by atoms with van der Waals surface area (Å²) >= 11 is 0. The van der Waals surface area contributed by atoms with Gasteiger partial charge in [0.1, 0.15) is 12.4 Å². The van der Waals surface area contributed by atoms with Crippen LogP contribution in [0.25, 0.3) is 10.9 Å². The molecule has 4 rings (SSSR count). The maximum absolute atomic E-state index is 12.7. The fourth-order valence-electron chi connectivity index (χ4n) is 3.89. The fourth-order valence-corrected chi connectivity index (χ4v) is 3.89. The van der Waals surface area contributed by atoms with Crippen LogP contribution in [0.1, 0.15) is 37.4 Å². The van der Waals surface area contributed by atoms with Gasteiger partial charge in [-0.25, -0.2) is 9.59 Å². The van der Waals surface area contributed by atoms with Crippen LogP contribution in [-0.2, 0) is 29.5 Å². The number of rotatable bonds is 7. The predicted molar refractivity (Wildman–Crippen MR) is 126 cm³/mol. The van der Waals surface area contributed by atoms with Crippen molar-refractivity contribution in [1.29, 1.82) is 0 Å². The van der Waals surface area contributed by atoms with E-state index >= 15 is 0 Å². The Bertz CT molecular complexity index is 1310. The Morgan fingerprint density at radius 1 is 0.848 bits per heavy atom. The van der Waals surface area contributed by atoms with E-state index in [0.717, 1.165) is 27.6 Å². The SMILES string of the molecule is COC(=O)c1ccc(Cc2cn(C)c3ccc(C(=O)OCc4ccccc4)cc23)c(OC)c1. The Balaban J connectivity index is 1.61. The molecule has 3 aromatic carbocycles. The average molecular weight is 443 g/mol. The molecule has 0 N–H and O–H groups in total. The highest BCUT2D eigenvalue weighted by Crippen LogP contribution is 2.29. The van der Waals surface area contributed by atoms with Gasteiger partial charge in [-0.1, -0.05) is 36.4 Å². The van der Waals surface area contributed by atoms with E-state index in [1.54, 1.807) is 25.3 Å². The largest absolute Gasteiger partial charge is 0.496 e. The smallest absolute Gasteiger partial charge is 0.338 e. The summed E-state index contributed by atoms with van der Waals surface area (Å²) in [5, 5.41) is 0.964. The molecule has 33 heavy (non-hydrogen) atoms. The quantitative estimate of drug-likeness (QED) is 0.379. The van der Waals surface area contributed by atoms with Gasteiger partial charge in [-0.15, -0.1) is 0 Å². The summed E-state index contributed by atoms with van der Waals surface area (Å²) in [5.41, 5.74) is 4.84. The van der Waals surface area contributed by atoms with Gasteiger partial charge in [-0.2, -0.15) is 0 Å². The monoisotopic (exact) mass is 443 g/mol. The van der Waals surface area contributed by atoms with Crippen molar-refractivity contribution in [3.05, 3.63) is 101 Å². The third-order valence-electron chi connectivity index (χ3n) is 5.61. The molecule has 0 atom stereocenters. The molecular formula is C27H25NO5. The van der Waals surface area contributed by atoms with Crippen LogP contribution >= 0.6 is 0 Å². The zero-order chi connectivity index (χ0) is 23.4.